The summed E-state index contributed by atoms with van der Waals surface area (Å²) in [6.45, 7) is 1.18. The van der Waals surface area contributed by atoms with E-state index in [-0.39, 0.29) is 43.4 Å². The Morgan fingerprint density at radius 2 is 1.80 bits per heavy atom. The molecule has 14 heteroatoms. The normalized spacial score (nSPS) is 19.5. The first-order valence-corrected chi connectivity index (χ1v) is 14.7. The van der Waals surface area contributed by atoms with Crippen LogP contribution in [0, 0.1) is 0 Å². The Morgan fingerprint density at radius 3 is 2.52 bits per heavy atom. The summed E-state index contributed by atoms with van der Waals surface area (Å²) in [4.78, 5) is 61.2. The molecule has 0 unspecified atom stereocenters. The predicted octanol–water partition coefficient (Wildman–Crippen LogP) is 0.544. The van der Waals surface area contributed by atoms with Gasteiger partial charge in [0.05, 0.1) is 24.8 Å². The quantitative estimate of drug-likeness (QED) is 0.215. The number of hydrogen-bond acceptors (Lipinski definition) is 9. The van der Waals surface area contributed by atoms with Crippen LogP contribution in [0.15, 0.2) is 79.1 Å². The van der Waals surface area contributed by atoms with Gasteiger partial charge < -0.3 is 31.1 Å². The number of fused-ring (bicyclic) bond motifs is 14. The number of carbonyl (C=O) groups excluding carboxylic acids is 4. The van der Waals surface area contributed by atoms with Gasteiger partial charge >= 0.3 is 0 Å². The monoisotopic (exact) mass is 626 g/mol. The number of aliphatic hydroxyl groups excluding tert-OH is 1. The highest BCUT2D eigenvalue weighted by molar-refractivity contribution is 5.98. The van der Waals surface area contributed by atoms with Crippen molar-refractivity contribution in [3.63, 3.8) is 0 Å². The zero-order valence-corrected chi connectivity index (χ0v) is 25.1. The zero-order chi connectivity index (χ0) is 32.5. The zero-order valence-electron chi connectivity index (χ0n) is 25.1. The Labute approximate surface area is 264 Å². The van der Waals surface area contributed by atoms with E-state index in [1.165, 1.54) is 17.1 Å². The van der Waals surface area contributed by atoms with Gasteiger partial charge in [-0.2, -0.15) is 5.10 Å². The summed E-state index contributed by atoms with van der Waals surface area (Å²) >= 11 is 0. The second-order valence-electron chi connectivity index (χ2n) is 10.6. The summed E-state index contributed by atoms with van der Waals surface area (Å²) in [5.41, 5.74) is 1.67. The van der Waals surface area contributed by atoms with Crippen molar-refractivity contribution in [3.8, 4) is 17.1 Å². The van der Waals surface area contributed by atoms with Crippen LogP contribution in [-0.2, 0) is 27.3 Å². The van der Waals surface area contributed by atoms with Gasteiger partial charge in [0.1, 0.15) is 36.8 Å². The van der Waals surface area contributed by atoms with Gasteiger partial charge in [0.25, 0.3) is 5.91 Å². The first kappa shape index (κ1) is 31.8. The largest absolute Gasteiger partial charge is 0.492 e. The molecule has 0 saturated heterocycles. The number of amides is 4. The molecule has 2 aliphatic heterocycles. The van der Waals surface area contributed by atoms with Crippen molar-refractivity contribution in [1.29, 1.82) is 0 Å². The number of nitrogens with one attached hydrogen (secondary N) is 4. The maximum absolute atomic E-state index is 13.5. The molecule has 0 saturated carbocycles. The fourth-order valence-corrected chi connectivity index (χ4v) is 4.80. The number of benzene rings is 2. The van der Waals surface area contributed by atoms with Crippen LogP contribution in [0.3, 0.4) is 0 Å². The molecule has 4 heterocycles. The van der Waals surface area contributed by atoms with E-state index in [2.05, 4.69) is 36.3 Å². The topological polar surface area (TPSA) is 189 Å². The summed E-state index contributed by atoms with van der Waals surface area (Å²) < 4.78 is 7.17. The number of pyridine rings is 1. The molecule has 0 aliphatic carbocycles. The maximum Gasteiger partial charge on any atom is 0.253 e. The molecular formula is C32H34N8O6. The average molecular weight is 627 g/mol. The van der Waals surface area contributed by atoms with Crippen LogP contribution >= 0.6 is 0 Å². The fraction of sp³-hybridized carbons (Fsp3) is 0.281. The lowest BCUT2D eigenvalue weighted by Gasteiger charge is -2.23. The second-order valence-corrected chi connectivity index (χ2v) is 10.6. The third-order valence-electron chi connectivity index (χ3n) is 7.19. The van der Waals surface area contributed by atoms with Gasteiger partial charge in [-0.25, -0.2) is 9.67 Å². The Bertz CT molecular complexity index is 1660. The smallest absolute Gasteiger partial charge is 0.253 e. The lowest BCUT2D eigenvalue weighted by molar-refractivity contribution is -0.131. The molecule has 0 radical (unpaired) electrons. The molecule has 4 aromatic rings. The molecule has 46 heavy (non-hydrogen) atoms. The summed E-state index contributed by atoms with van der Waals surface area (Å²) in [6.07, 6.45) is 2.98. The molecule has 0 spiro atoms. The molecule has 2 aliphatic rings. The van der Waals surface area contributed by atoms with Crippen LogP contribution in [0.5, 0.6) is 5.75 Å². The Balaban J connectivity index is 1.42. The van der Waals surface area contributed by atoms with E-state index in [4.69, 9.17) is 4.74 Å². The van der Waals surface area contributed by atoms with Crippen molar-refractivity contribution in [2.24, 2.45) is 0 Å². The van der Waals surface area contributed by atoms with Crippen LogP contribution in [0.2, 0.25) is 0 Å². The molecule has 3 atom stereocenters. The van der Waals surface area contributed by atoms with Crippen molar-refractivity contribution in [2.75, 3.05) is 19.8 Å². The third kappa shape index (κ3) is 8.09. The minimum absolute atomic E-state index is 0.0791. The van der Waals surface area contributed by atoms with Crippen molar-refractivity contribution in [1.82, 2.24) is 41.0 Å². The highest BCUT2D eigenvalue weighted by atomic mass is 16.5. The van der Waals surface area contributed by atoms with E-state index in [0.717, 1.165) is 0 Å². The highest BCUT2D eigenvalue weighted by Crippen LogP contribution is 2.19. The fourth-order valence-electron chi connectivity index (χ4n) is 4.80. The van der Waals surface area contributed by atoms with Gasteiger partial charge in [-0.3, -0.25) is 24.2 Å². The van der Waals surface area contributed by atoms with Gasteiger partial charge in [0.15, 0.2) is 5.82 Å². The van der Waals surface area contributed by atoms with Crippen LogP contribution in [-0.4, -0.2) is 80.3 Å². The minimum Gasteiger partial charge on any atom is -0.492 e. The van der Waals surface area contributed by atoms with E-state index in [9.17, 15) is 24.3 Å². The Kier molecular flexibility index (Phi) is 10.3. The first-order valence-electron chi connectivity index (χ1n) is 14.7. The number of rotatable bonds is 4. The van der Waals surface area contributed by atoms with Crippen LogP contribution in [0.4, 0.5) is 0 Å². The lowest BCUT2D eigenvalue weighted by atomic mass is 10.0. The maximum atomic E-state index is 13.5. The lowest BCUT2D eigenvalue weighted by Crippen LogP contribution is -2.55. The summed E-state index contributed by atoms with van der Waals surface area (Å²) in [5.74, 6) is -1.05. The SMILES string of the molecule is C[C@@H]1NC(=O)[C@H](CO)NC(=O)[C@@H](NC(=O)c2cccnc2)Cc2ccc(cc2)OCCNC(=O)Cn2nc(-c3ccccc3)nc21. The molecule has 2 aromatic heterocycles. The Hall–Kier alpha value is -5.63. The van der Waals surface area contributed by atoms with Gasteiger partial charge in [-0.05, 0) is 36.8 Å². The van der Waals surface area contributed by atoms with Gasteiger partial charge in [0.2, 0.25) is 17.7 Å². The van der Waals surface area contributed by atoms with Crippen LogP contribution in [0.1, 0.15) is 34.7 Å². The number of hydrogen-bond donors (Lipinski definition) is 5. The number of ether oxygens (including phenoxy) is 1. The van der Waals surface area contributed by atoms with E-state index < -0.39 is 42.5 Å². The standard InChI is InChI=1S/C32H34N8O6/c1-20-29-38-28(22-6-3-2-4-7-22)39-40(29)18-27(42)34-14-15-46-24-11-9-21(10-12-24)16-25(31(44)37-26(19-41)32(45)35-20)36-30(43)23-8-5-13-33-17-23/h2-13,17,20,25-26,41H,14-16,18-19H2,1H3,(H,34,42)(H,35,45)(H,36,43)(H,37,44)/t20-,25-,26-/m0/s1. The van der Waals surface area contributed by atoms with Gasteiger partial charge in [0, 0.05) is 24.4 Å². The van der Waals surface area contributed by atoms with Gasteiger partial charge in [-0.15, -0.1) is 0 Å². The average Bonchev–Trinajstić information content (AvgIpc) is 3.50. The molecule has 6 rings (SSSR count). The number of aliphatic hydroxyl groups is 1. The number of nitrogens with zero attached hydrogens (tertiary/aromatic N) is 4. The number of carbonyl (C=O) groups is 4. The molecule has 5 N–H and O–H groups in total. The second kappa shape index (κ2) is 14.9. The van der Waals surface area contributed by atoms with Gasteiger partial charge in [-0.1, -0.05) is 42.5 Å². The minimum atomic E-state index is -1.36. The van der Waals surface area contributed by atoms with Crippen molar-refractivity contribution >= 4 is 23.6 Å². The molecule has 14 nitrogen and oxygen atoms in total. The van der Waals surface area contributed by atoms with Crippen molar-refractivity contribution in [2.45, 2.75) is 38.0 Å². The van der Waals surface area contributed by atoms with Crippen LogP contribution in [0.25, 0.3) is 11.4 Å². The number of aromatic nitrogens is 4. The van der Waals surface area contributed by atoms with E-state index in [1.54, 1.807) is 43.3 Å². The predicted molar refractivity (Wildman–Crippen MR) is 165 cm³/mol. The molecule has 238 valence electrons. The molecule has 0 fully saturated rings. The summed E-state index contributed by atoms with van der Waals surface area (Å²) in [7, 11) is 0. The molecule has 2 bridgehead atoms. The van der Waals surface area contributed by atoms with Crippen molar-refractivity contribution in [3.05, 3.63) is 96.1 Å². The third-order valence-corrected chi connectivity index (χ3v) is 7.19. The van der Waals surface area contributed by atoms with E-state index >= 15 is 0 Å². The van der Waals surface area contributed by atoms with E-state index in [0.29, 0.717) is 22.7 Å². The molecule has 4 amide bonds. The van der Waals surface area contributed by atoms with Crippen molar-refractivity contribution < 1.29 is 29.0 Å². The van der Waals surface area contributed by atoms with E-state index in [1.807, 2.05) is 30.3 Å². The summed E-state index contributed by atoms with van der Waals surface area (Å²) in [6, 6.07) is 16.0. The summed E-state index contributed by atoms with van der Waals surface area (Å²) in [5, 5.41) is 25.5. The van der Waals surface area contributed by atoms with Crippen LogP contribution < -0.4 is 26.0 Å². The first-order chi connectivity index (χ1) is 22.3. The Morgan fingerprint density at radius 1 is 1.02 bits per heavy atom. The highest BCUT2D eigenvalue weighted by Gasteiger charge is 2.29. The molecular weight excluding hydrogens is 592 g/mol. The molecule has 2 aromatic carbocycles.